The van der Waals surface area contributed by atoms with Crippen LogP contribution in [-0.4, -0.2) is 54.7 Å². The van der Waals surface area contributed by atoms with Crippen LogP contribution >= 0.6 is 0 Å². The molecule has 2 saturated carbocycles. The minimum Gasteiger partial charge on any atom is -0.457 e. The summed E-state index contributed by atoms with van der Waals surface area (Å²) in [6, 6.07) is 7.80. The molecule has 0 saturated heterocycles. The summed E-state index contributed by atoms with van der Waals surface area (Å²) in [5.74, 6) is 0.593. The second-order valence-corrected chi connectivity index (χ2v) is 10.9. The summed E-state index contributed by atoms with van der Waals surface area (Å²) in [6.07, 6.45) is 4.99. The number of carbonyl (C=O) groups excluding carboxylic acids is 2. The lowest BCUT2D eigenvalue weighted by molar-refractivity contribution is 0.0525. The molecule has 2 aliphatic heterocycles. The van der Waals surface area contributed by atoms with Crippen LogP contribution in [0.15, 0.2) is 24.3 Å². The van der Waals surface area contributed by atoms with Crippen LogP contribution < -0.4 is 5.32 Å². The zero-order chi connectivity index (χ0) is 25.5. The number of benzene rings is 2. The smallest absolute Gasteiger partial charge is 0.338 e. The number of carbonyl (C=O) groups is 2. The zero-order valence-corrected chi connectivity index (χ0v) is 21.6. The van der Waals surface area contributed by atoms with Crippen LogP contribution in [0.25, 0.3) is 0 Å². The number of nitrogens with one attached hydrogen (secondary N) is 1. The second-order valence-electron chi connectivity index (χ2n) is 10.9. The quantitative estimate of drug-likeness (QED) is 0.334. The molecule has 2 heterocycles. The lowest BCUT2D eigenvalue weighted by Crippen LogP contribution is -2.35. The Morgan fingerprint density at radius 1 is 0.919 bits per heavy atom. The molecule has 6 rings (SSSR count). The minimum atomic E-state index is -0.607. The number of aliphatic hydroxyl groups excluding tert-OH is 1. The van der Waals surface area contributed by atoms with E-state index in [0.717, 1.165) is 73.3 Å². The van der Waals surface area contributed by atoms with Gasteiger partial charge in [0.05, 0.1) is 17.2 Å². The number of esters is 2. The minimum absolute atomic E-state index is 0.183. The maximum absolute atomic E-state index is 12.0. The van der Waals surface area contributed by atoms with Gasteiger partial charge in [0, 0.05) is 37.3 Å². The molecule has 2 aromatic carbocycles. The van der Waals surface area contributed by atoms with E-state index in [4.69, 9.17) is 9.47 Å². The van der Waals surface area contributed by atoms with E-state index in [2.05, 4.69) is 23.2 Å². The van der Waals surface area contributed by atoms with Crippen molar-refractivity contribution in [3.63, 3.8) is 0 Å². The number of fused-ring (bicyclic) bond motifs is 2. The molecule has 0 aromatic heterocycles. The van der Waals surface area contributed by atoms with Crippen LogP contribution in [0.1, 0.15) is 105 Å². The van der Waals surface area contributed by atoms with Gasteiger partial charge in [0.15, 0.2) is 0 Å². The van der Waals surface area contributed by atoms with Gasteiger partial charge in [-0.3, -0.25) is 0 Å². The van der Waals surface area contributed by atoms with Gasteiger partial charge in [-0.1, -0.05) is 19.1 Å². The largest absolute Gasteiger partial charge is 0.457 e. The molecule has 1 unspecified atom stereocenters. The highest BCUT2D eigenvalue weighted by Crippen LogP contribution is 2.47. The fourth-order valence-corrected chi connectivity index (χ4v) is 6.06. The molecule has 0 amide bonds. The lowest BCUT2D eigenvalue weighted by atomic mass is 9.91. The fourth-order valence-electron chi connectivity index (χ4n) is 6.06. The van der Waals surface area contributed by atoms with Crippen molar-refractivity contribution in [2.45, 2.75) is 70.2 Å². The van der Waals surface area contributed by atoms with Gasteiger partial charge in [-0.25, -0.2) is 9.59 Å². The first-order valence-electron chi connectivity index (χ1n) is 13.8. The average Bonchev–Trinajstić information content (AvgIpc) is 3.84. The second kappa shape index (κ2) is 10.2. The van der Waals surface area contributed by atoms with Gasteiger partial charge < -0.3 is 24.8 Å². The number of hydrogen-bond donors (Lipinski definition) is 2. The standard InChI is InChI=1S/C30H36N2O5/c1-2-32(13-11-20-7-8-21-24(16-36-29(21)34)27(20)18-3-4-18)14-12-31-15-26(33)23-10-9-22-25(17-37-30(22)35)28(23)19-5-6-19/h7-10,18-19,26,31,33H,2-6,11-17H2,1H3. The number of ether oxygens (including phenoxy) is 2. The highest BCUT2D eigenvalue weighted by molar-refractivity contribution is 5.94. The highest BCUT2D eigenvalue weighted by atomic mass is 16.5. The van der Waals surface area contributed by atoms with Crippen molar-refractivity contribution in [2.24, 2.45) is 0 Å². The third-order valence-corrected chi connectivity index (χ3v) is 8.39. The van der Waals surface area contributed by atoms with E-state index in [1.54, 1.807) is 0 Å². The van der Waals surface area contributed by atoms with Gasteiger partial charge in [0.2, 0.25) is 0 Å². The summed E-state index contributed by atoms with van der Waals surface area (Å²) in [5, 5.41) is 14.4. The van der Waals surface area contributed by atoms with Crippen LogP contribution in [-0.2, 0) is 29.1 Å². The van der Waals surface area contributed by atoms with E-state index in [9.17, 15) is 14.7 Å². The van der Waals surface area contributed by atoms with E-state index >= 15 is 0 Å². The molecule has 7 heteroatoms. The molecule has 2 aliphatic carbocycles. The molecule has 37 heavy (non-hydrogen) atoms. The van der Waals surface area contributed by atoms with Gasteiger partial charge in [0.25, 0.3) is 0 Å². The first kappa shape index (κ1) is 24.6. The van der Waals surface area contributed by atoms with Crippen molar-refractivity contribution in [2.75, 3.05) is 32.7 Å². The molecule has 0 radical (unpaired) electrons. The number of cyclic esters (lactones) is 2. The van der Waals surface area contributed by atoms with E-state index in [1.165, 1.54) is 24.0 Å². The van der Waals surface area contributed by atoms with Gasteiger partial charge in [-0.15, -0.1) is 0 Å². The van der Waals surface area contributed by atoms with Crippen molar-refractivity contribution in [3.8, 4) is 0 Å². The Morgan fingerprint density at radius 3 is 2.19 bits per heavy atom. The fraction of sp³-hybridized carbons (Fsp3) is 0.533. The summed E-state index contributed by atoms with van der Waals surface area (Å²) >= 11 is 0. The SMILES string of the molecule is CCN(CCNCC(O)c1ccc2c(c1C1CC1)COC2=O)CCc1ccc2c(c1C1CC1)COC2=O. The molecule has 0 bridgehead atoms. The molecule has 196 valence electrons. The molecular weight excluding hydrogens is 468 g/mol. The number of hydrogen-bond acceptors (Lipinski definition) is 7. The van der Waals surface area contributed by atoms with Crippen LogP contribution in [0.2, 0.25) is 0 Å². The molecule has 7 nitrogen and oxygen atoms in total. The summed E-state index contributed by atoms with van der Waals surface area (Å²) in [6.45, 7) is 7.02. The lowest BCUT2D eigenvalue weighted by Gasteiger charge is -2.23. The Kier molecular flexibility index (Phi) is 6.78. The van der Waals surface area contributed by atoms with E-state index in [-0.39, 0.29) is 11.9 Å². The number of aliphatic hydroxyl groups is 1. The van der Waals surface area contributed by atoms with Crippen LogP contribution in [0.3, 0.4) is 0 Å². The Balaban J connectivity index is 1.03. The van der Waals surface area contributed by atoms with E-state index in [0.29, 0.717) is 37.2 Å². The Bertz CT molecular complexity index is 1220. The summed E-state index contributed by atoms with van der Waals surface area (Å²) < 4.78 is 10.6. The summed E-state index contributed by atoms with van der Waals surface area (Å²) in [4.78, 5) is 26.4. The summed E-state index contributed by atoms with van der Waals surface area (Å²) in [5.41, 5.74) is 8.32. The van der Waals surface area contributed by atoms with Gasteiger partial charge >= 0.3 is 11.9 Å². The Hall–Kier alpha value is -2.74. The zero-order valence-electron chi connectivity index (χ0n) is 21.6. The molecule has 2 N–H and O–H groups in total. The molecule has 0 spiro atoms. The monoisotopic (exact) mass is 504 g/mol. The van der Waals surface area contributed by atoms with Crippen molar-refractivity contribution in [3.05, 3.63) is 68.8 Å². The molecule has 2 fully saturated rings. The van der Waals surface area contributed by atoms with Crippen LogP contribution in [0, 0.1) is 0 Å². The average molecular weight is 505 g/mol. The molecule has 2 aromatic rings. The van der Waals surface area contributed by atoms with Gasteiger partial charge in [0.1, 0.15) is 13.2 Å². The normalized spacial score (nSPS) is 19.1. The van der Waals surface area contributed by atoms with Crippen LogP contribution in [0.5, 0.6) is 0 Å². The Morgan fingerprint density at radius 2 is 1.54 bits per heavy atom. The van der Waals surface area contributed by atoms with Gasteiger partial charge in [-0.2, -0.15) is 0 Å². The van der Waals surface area contributed by atoms with Crippen LogP contribution in [0.4, 0.5) is 0 Å². The maximum Gasteiger partial charge on any atom is 0.338 e. The van der Waals surface area contributed by atoms with Crippen molar-refractivity contribution in [1.29, 1.82) is 0 Å². The summed E-state index contributed by atoms with van der Waals surface area (Å²) in [7, 11) is 0. The highest BCUT2D eigenvalue weighted by Gasteiger charge is 2.36. The first-order chi connectivity index (χ1) is 18.0. The third kappa shape index (κ3) is 4.92. The number of likely N-dealkylation sites (N-methyl/N-ethyl adjacent to an activating group) is 1. The van der Waals surface area contributed by atoms with Crippen molar-refractivity contribution in [1.82, 2.24) is 10.2 Å². The third-order valence-electron chi connectivity index (χ3n) is 8.39. The van der Waals surface area contributed by atoms with Crippen molar-refractivity contribution < 1.29 is 24.2 Å². The molecule has 1 atom stereocenters. The topological polar surface area (TPSA) is 88.1 Å². The predicted octanol–water partition coefficient (Wildman–Crippen LogP) is 3.97. The Labute approximate surface area is 218 Å². The first-order valence-corrected chi connectivity index (χ1v) is 13.8. The molecule has 4 aliphatic rings. The molecular formula is C30H36N2O5. The van der Waals surface area contributed by atoms with Crippen molar-refractivity contribution >= 4 is 11.9 Å². The van der Waals surface area contributed by atoms with E-state index in [1.807, 2.05) is 18.2 Å². The predicted molar refractivity (Wildman–Crippen MR) is 139 cm³/mol. The maximum atomic E-state index is 12.0. The number of rotatable bonds is 12. The number of nitrogens with zero attached hydrogens (tertiary/aromatic N) is 1. The van der Waals surface area contributed by atoms with E-state index < -0.39 is 6.10 Å². The van der Waals surface area contributed by atoms with Gasteiger partial charge in [-0.05, 0) is 84.9 Å².